The Balaban J connectivity index is 1.89. The van der Waals surface area contributed by atoms with E-state index in [9.17, 15) is 9.59 Å². The van der Waals surface area contributed by atoms with Gasteiger partial charge in [0.05, 0.1) is 33.8 Å². The molecule has 28 heavy (non-hydrogen) atoms. The van der Waals surface area contributed by atoms with Crippen LogP contribution in [0.3, 0.4) is 0 Å². The molecule has 0 aliphatic carbocycles. The first-order valence-corrected chi connectivity index (χ1v) is 8.46. The van der Waals surface area contributed by atoms with Crippen molar-refractivity contribution in [3.05, 3.63) is 47.5 Å². The quantitative estimate of drug-likeness (QED) is 0.599. The minimum absolute atomic E-state index is 0.0378. The van der Waals surface area contributed by atoms with E-state index in [1.807, 2.05) is 0 Å². The Kier molecular flexibility index (Phi) is 5.73. The molecular formula is C19H20N4O5. The molecule has 2 N–H and O–H groups in total. The standard InChI is InChI=1S/C19H20N4O5/c1-26-16-7-5-11(9-17(16)27-2)14(10-18(24)28-3)20-19(25)12-4-6-13-15(8-12)22-23-21-13/h4-9,14H,10H2,1-3H3,(H,20,25)(H,21,22,23)/t14-/m1/s1. The molecule has 0 aliphatic rings. The van der Waals surface area contributed by atoms with Gasteiger partial charge in [0, 0.05) is 5.56 Å². The molecule has 3 aromatic rings. The van der Waals surface area contributed by atoms with Crippen LogP contribution < -0.4 is 14.8 Å². The SMILES string of the molecule is COC(=O)C[C@@H](NC(=O)c1ccc2n[nH]nc2c1)c1ccc(OC)c(OC)c1. The molecule has 1 heterocycles. The average molecular weight is 384 g/mol. The van der Waals surface area contributed by atoms with Crippen molar-refractivity contribution in [2.24, 2.45) is 0 Å². The summed E-state index contributed by atoms with van der Waals surface area (Å²) in [7, 11) is 4.35. The molecular weight excluding hydrogens is 364 g/mol. The third-order valence-electron chi connectivity index (χ3n) is 4.29. The number of H-pyrrole nitrogens is 1. The molecule has 0 fully saturated rings. The van der Waals surface area contributed by atoms with Gasteiger partial charge in [-0.3, -0.25) is 9.59 Å². The molecule has 0 spiro atoms. The summed E-state index contributed by atoms with van der Waals surface area (Å²) in [5, 5.41) is 13.3. The summed E-state index contributed by atoms with van der Waals surface area (Å²) < 4.78 is 15.3. The van der Waals surface area contributed by atoms with E-state index < -0.39 is 12.0 Å². The number of esters is 1. The van der Waals surface area contributed by atoms with E-state index in [-0.39, 0.29) is 12.3 Å². The van der Waals surface area contributed by atoms with Crippen LogP contribution in [0, 0.1) is 0 Å². The molecule has 2 aromatic carbocycles. The van der Waals surface area contributed by atoms with Crippen LogP contribution in [0.15, 0.2) is 36.4 Å². The number of ether oxygens (including phenoxy) is 3. The lowest BCUT2D eigenvalue weighted by atomic mass is 10.0. The number of methoxy groups -OCH3 is 3. The number of fused-ring (bicyclic) bond motifs is 1. The predicted octanol–water partition coefficient (Wildman–Crippen LogP) is 2.01. The maximum atomic E-state index is 12.8. The summed E-state index contributed by atoms with van der Waals surface area (Å²) in [6.45, 7) is 0. The topological polar surface area (TPSA) is 115 Å². The molecule has 0 radical (unpaired) electrons. The summed E-state index contributed by atoms with van der Waals surface area (Å²) in [5.74, 6) is 0.236. The van der Waals surface area contributed by atoms with Gasteiger partial charge >= 0.3 is 5.97 Å². The van der Waals surface area contributed by atoms with Gasteiger partial charge in [0.25, 0.3) is 5.91 Å². The molecule has 146 valence electrons. The molecule has 0 bridgehead atoms. The number of hydrogen-bond donors (Lipinski definition) is 2. The van der Waals surface area contributed by atoms with Crippen molar-refractivity contribution in [1.82, 2.24) is 20.7 Å². The molecule has 0 saturated heterocycles. The summed E-state index contributed by atoms with van der Waals surface area (Å²) in [6.07, 6.45) is -0.0378. The zero-order chi connectivity index (χ0) is 20.1. The Bertz CT molecular complexity index is 1000. The van der Waals surface area contributed by atoms with Crippen LogP contribution in [-0.2, 0) is 9.53 Å². The highest BCUT2D eigenvalue weighted by Gasteiger charge is 2.21. The number of carbonyl (C=O) groups is 2. The zero-order valence-electron chi connectivity index (χ0n) is 15.7. The van der Waals surface area contributed by atoms with Gasteiger partial charge < -0.3 is 19.5 Å². The second-order valence-corrected chi connectivity index (χ2v) is 5.95. The first-order chi connectivity index (χ1) is 13.5. The van der Waals surface area contributed by atoms with Crippen LogP contribution in [0.4, 0.5) is 0 Å². The number of amides is 1. The highest BCUT2D eigenvalue weighted by Crippen LogP contribution is 2.31. The Morgan fingerprint density at radius 2 is 1.75 bits per heavy atom. The number of aromatic amines is 1. The first kappa shape index (κ1) is 19.2. The van der Waals surface area contributed by atoms with Crippen molar-refractivity contribution in [1.29, 1.82) is 0 Å². The molecule has 1 aromatic heterocycles. The number of nitrogens with one attached hydrogen (secondary N) is 2. The van der Waals surface area contributed by atoms with E-state index in [0.29, 0.717) is 33.7 Å². The van der Waals surface area contributed by atoms with Gasteiger partial charge in [0.1, 0.15) is 11.0 Å². The molecule has 1 amide bonds. The van der Waals surface area contributed by atoms with E-state index in [0.717, 1.165) is 0 Å². The van der Waals surface area contributed by atoms with Crippen LogP contribution in [0.25, 0.3) is 11.0 Å². The molecule has 0 saturated carbocycles. The van der Waals surface area contributed by atoms with Crippen molar-refractivity contribution in [3.8, 4) is 11.5 Å². The first-order valence-electron chi connectivity index (χ1n) is 8.46. The molecule has 0 aliphatic heterocycles. The van der Waals surface area contributed by atoms with Crippen molar-refractivity contribution < 1.29 is 23.8 Å². The molecule has 3 rings (SSSR count). The van der Waals surface area contributed by atoms with E-state index in [1.165, 1.54) is 21.3 Å². The number of rotatable bonds is 7. The van der Waals surface area contributed by atoms with Crippen LogP contribution in [0.5, 0.6) is 11.5 Å². The number of hydrogen-bond acceptors (Lipinski definition) is 7. The Labute approximate surface area is 161 Å². The average Bonchev–Trinajstić information content (AvgIpc) is 3.20. The van der Waals surface area contributed by atoms with Crippen LogP contribution in [0.2, 0.25) is 0 Å². The van der Waals surface area contributed by atoms with Crippen molar-refractivity contribution in [2.45, 2.75) is 12.5 Å². The fraction of sp³-hybridized carbons (Fsp3) is 0.263. The fourth-order valence-corrected chi connectivity index (χ4v) is 2.79. The van der Waals surface area contributed by atoms with Gasteiger partial charge in [-0.1, -0.05) is 6.07 Å². The Hall–Kier alpha value is -3.62. The summed E-state index contributed by atoms with van der Waals surface area (Å²) in [6, 6.07) is 9.53. The lowest BCUT2D eigenvalue weighted by molar-refractivity contribution is -0.141. The Morgan fingerprint density at radius 3 is 2.46 bits per heavy atom. The van der Waals surface area contributed by atoms with Crippen molar-refractivity contribution in [3.63, 3.8) is 0 Å². The number of carbonyl (C=O) groups excluding carboxylic acids is 2. The van der Waals surface area contributed by atoms with E-state index in [1.54, 1.807) is 36.4 Å². The second kappa shape index (κ2) is 8.38. The summed E-state index contributed by atoms with van der Waals surface area (Å²) in [4.78, 5) is 24.6. The van der Waals surface area contributed by atoms with Crippen molar-refractivity contribution >= 4 is 22.9 Å². The van der Waals surface area contributed by atoms with E-state index in [2.05, 4.69) is 20.7 Å². The van der Waals surface area contributed by atoms with Crippen LogP contribution >= 0.6 is 0 Å². The third kappa shape index (κ3) is 4.03. The lowest BCUT2D eigenvalue weighted by Gasteiger charge is -2.20. The zero-order valence-corrected chi connectivity index (χ0v) is 15.7. The van der Waals surface area contributed by atoms with Gasteiger partial charge in [0.2, 0.25) is 0 Å². The van der Waals surface area contributed by atoms with E-state index in [4.69, 9.17) is 14.2 Å². The van der Waals surface area contributed by atoms with Crippen LogP contribution in [-0.4, -0.2) is 48.6 Å². The third-order valence-corrected chi connectivity index (χ3v) is 4.29. The highest BCUT2D eigenvalue weighted by atomic mass is 16.5. The van der Waals surface area contributed by atoms with Crippen molar-refractivity contribution in [2.75, 3.05) is 21.3 Å². The van der Waals surface area contributed by atoms with Gasteiger partial charge in [-0.25, -0.2) is 0 Å². The van der Waals surface area contributed by atoms with E-state index >= 15 is 0 Å². The summed E-state index contributed by atoms with van der Waals surface area (Å²) >= 11 is 0. The number of nitrogens with zero attached hydrogens (tertiary/aromatic N) is 2. The summed E-state index contributed by atoms with van der Waals surface area (Å²) in [5.41, 5.74) is 2.31. The monoisotopic (exact) mass is 384 g/mol. The second-order valence-electron chi connectivity index (χ2n) is 5.95. The normalized spacial score (nSPS) is 11.7. The molecule has 9 heteroatoms. The smallest absolute Gasteiger partial charge is 0.307 e. The van der Waals surface area contributed by atoms with Gasteiger partial charge in [-0.2, -0.15) is 15.4 Å². The fourth-order valence-electron chi connectivity index (χ4n) is 2.79. The van der Waals surface area contributed by atoms with Crippen LogP contribution in [0.1, 0.15) is 28.4 Å². The molecule has 1 atom stereocenters. The predicted molar refractivity (Wildman–Crippen MR) is 100 cm³/mol. The maximum Gasteiger partial charge on any atom is 0.307 e. The highest BCUT2D eigenvalue weighted by molar-refractivity contribution is 5.97. The lowest BCUT2D eigenvalue weighted by Crippen LogP contribution is -2.30. The molecule has 0 unspecified atom stereocenters. The number of aromatic nitrogens is 3. The van der Waals surface area contributed by atoms with Gasteiger partial charge in [-0.15, -0.1) is 0 Å². The number of benzene rings is 2. The maximum absolute atomic E-state index is 12.8. The molecule has 9 nitrogen and oxygen atoms in total. The largest absolute Gasteiger partial charge is 0.493 e. The minimum Gasteiger partial charge on any atom is -0.493 e. The van der Waals surface area contributed by atoms with Gasteiger partial charge in [-0.05, 0) is 35.9 Å². The minimum atomic E-state index is -0.618. The Morgan fingerprint density at radius 1 is 1.00 bits per heavy atom. The van der Waals surface area contributed by atoms with Gasteiger partial charge in [0.15, 0.2) is 11.5 Å².